The Morgan fingerprint density at radius 1 is 1.43 bits per heavy atom. The first-order valence-corrected chi connectivity index (χ1v) is 7.49. The van der Waals surface area contributed by atoms with Crippen LogP contribution >= 0.6 is 0 Å². The minimum absolute atomic E-state index is 0.0879. The molecule has 114 valence electrons. The molecule has 2 atom stereocenters. The summed E-state index contributed by atoms with van der Waals surface area (Å²) in [4.78, 5) is 2.29. The smallest absolute Gasteiger partial charge is 0.122 e. The molecule has 0 saturated carbocycles. The molecule has 2 heterocycles. The van der Waals surface area contributed by atoms with Crippen LogP contribution in [0.5, 0.6) is 0 Å². The Balaban J connectivity index is 1.76. The number of hydrogen-bond acceptors (Lipinski definition) is 4. The Morgan fingerprint density at radius 2 is 2.29 bits per heavy atom. The van der Waals surface area contributed by atoms with E-state index in [4.69, 9.17) is 20.6 Å². The molecule has 2 aliphatic rings. The first-order valence-electron chi connectivity index (χ1n) is 7.49. The van der Waals surface area contributed by atoms with E-state index in [0.29, 0.717) is 12.6 Å². The van der Waals surface area contributed by atoms with Crippen molar-refractivity contribution in [3.63, 3.8) is 0 Å². The van der Waals surface area contributed by atoms with Crippen molar-refractivity contribution in [1.82, 2.24) is 0 Å². The monoisotopic (exact) mass is 289 g/mol. The molecular weight excluding hydrogens is 266 g/mol. The van der Waals surface area contributed by atoms with Crippen LogP contribution in [-0.4, -0.2) is 44.3 Å². The fourth-order valence-corrected chi connectivity index (χ4v) is 3.30. The Morgan fingerprint density at radius 3 is 3.00 bits per heavy atom. The van der Waals surface area contributed by atoms with Crippen LogP contribution in [0.1, 0.15) is 24.8 Å². The van der Waals surface area contributed by atoms with Crippen LogP contribution in [-0.2, 0) is 9.47 Å². The van der Waals surface area contributed by atoms with Gasteiger partial charge in [-0.2, -0.15) is 0 Å². The van der Waals surface area contributed by atoms with E-state index in [2.05, 4.69) is 18.0 Å². The van der Waals surface area contributed by atoms with Gasteiger partial charge in [0, 0.05) is 44.0 Å². The fraction of sp³-hybridized carbons (Fsp3) is 0.562. The normalized spacial score (nSPS) is 28.7. The second kappa shape index (κ2) is 5.66. The highest BCUT2D eigenvalue weighted by atomic mass is 16.6. The van der Waals surface area contributed by atoms with Gasteiger partial charge in [-0.15, -0.1) is 0 Å². The summed E-state index contributed by atoms with van der Waals surface area (Å²) in [5.41, 5.74) is 7.37. The lowest BCUT2D eigenvalue weighted by atomic mass is 9.89. The molecular formula is C16H23N3O2. The summed E-state index contributed by atoms with van der Waals surface area (Å²) in [5, 5.41) is 7.57. The summed E-state index contributed by atoms with van der Waals surface area (Å²) in [7, 11) is 2.11. The number of rotatable bonds is 3. The van der Waals surface area contributed by atoms with E-state index in [0.717, 1.165) is 43.7 Å². The van der Waals surface area contributed by atoms with E-state index < -0.39 is 0 Å². The van der Waals surface area contributed by atoms with E-state index in [1.165, 1.54) is 0 Å². The zero-order valence-electron chi connectivity index (χ0n) is 12.5. The maximum Gasteiger partial charge on any atom is 0.122 e. The first-order chi connectivity index (χ1) is 10.1. The Kier molecular flexibility index (Phi) is 3.87. The van der Waals surface area contributed by atoms with E-state index in [9.17, 15) is 0 Å². The van der Waals surface area contributed by atoms with Gasteiger partial charge < -0.3 is 20.1 Å². The van der Waals surface area contributed by atoms with E-state index in [1.54, 1.807) is 0 Å². The van der Waals surface area contributed by atoms with Gasteiger partial charge in [-0.3, -0.25) is 5.41 Å². The Hall–Kier alpha value is -1.59. The van der Waals surface area contributed by atoms with E-state index in [1.807, 2.05) is 18.2 Å². The van der Waals surface area contributed by atoms with Crippen LogP contribution in [0.2, 0.25) is 0 Å². The lowest BCUT2D eigenvalue weighted by Crippen LogP contribution is -2.48. The van der Waals surface area contributed by atoms with Crippen LogP contribution in [0.4, 0.5) is 5.69 Å². The number of ether oxygens (including phenoxy) is 2. The van der Waals surface area contributed by atoms with Crippen LogP contribution in [0, 0.1) is 5.41 Å². The highest BCUT2D eigenvalue weighted by Crippen LogP contribution is 2.35. The van der Waals surface area contributed by atoms with Gasteiger partial charge >= 0.3 is 0 Å². The van der Waals surface area contributed by atoms with Crippen LogP contribution < -0.4 is 10.6 Å². The molecule has 2 saturated heterocycles. The third-order valence-corrected chi connectivity index (χ3v) is 4.65. The van der Waals surface area contributed by atoms with Crippen molar-refractivity contribution in [3.8, 4) is 0 Å². The standard InChI is InChI=1S/C16H23N3O2/c1-19(13-4-2-3-12(9-13)15(17)18)14-5-7-21-16(10-14)6-8-20-11-16/h2-4,9,14H,5-8,10-11H2,1H3,(H3,17,18). The topological polar surface area (TPSA) is 71.6 Å². The molecule has 1 aromatic carbocycles. The maximum absolute atomic E-state index is 7.57. The van der Waals surface area contributed by atoms with Gasteiger partial charge in [0.2, 0.25) is 0 Å². The number of benzene rings is 1. The SMILES string of the molecule is CN(c1cccc(C(=N)N)c1)C1CCOC2(CCOC2)C1. The molecule has 2 aliphatic heterocycles. The van der Waals surface area contributed by atoms with E-state index in [-0.39, 0.29) is 11.4 Å². The molecule has 0 bridgehead atoms. The second-order valence-corrected chi connectivity index (χ2v) is 6.06. The number of hydrogen-bond donors (Lipinski definition) is 2. The molecule has 5 heteroatoms. The third kappa shape index (κ3) is 2.89. The number of nitrogens with zero attached hydrogens (tertiary/aromatic N) is 1. The highest BCUT2D eigenvalue weighted by Gasteiger charge is 2.42. The van der Waals surface area contributed by atoms with Crippen LogP contribution in [0.15, 0.2) is 24.3 Å². The van der Waals surface area contributed by atoms with Crippen LogP contribution in [0.25, 0.3) is 0 Å². The van der Waals surface area contributed by atoms with Crippen molar-refractivity contribution < 1.29 is 9.47 Å². The van der Waals surface area contributed by atoms with Crippen molar-refractivity contribution in [2.75, 3.05) is 31.8 Å². The molecule has 5 nitrogen and oxygen atoms in total. The summed E-state index contributed by atoms with van der Waals surface area (Å²) in [5.74, 6) is 0.109. The molecule has 2 unspecified atom stereocenters. The molecule has 3 N–H and O–H groups in total. The maximum atomic E-state index is 7.57. The molecule has 0 aliphatic carbocycles. The largest absolute Gasteiger partial charge is 0.384 e. The van der Waals surface area contributed by atoms with Gasteiger partial charge in [0.05, 0.1) is 12.2 Å². The summed E-state index contributed by atoms with van der Waals surface area (Å²) < 4.78 is 11.5. The fourth-order valence-electron chi connectivity index (χ4n) is 3.30. The summed E-state index contributed by atoms with van der Waals surface area (Å²) in [6, 6.07) is 8.31. The van der Waals surface area contributed by atoms with Crippen molar-refractivity contribution >= 4 is 11.5 Å². The molecule has 0 aromatic heterocycles. The number of amidine groups is 1. The molecule has 1 spiro atoms. The average molecular weight is 289 g/mol. The quantitative estimate of drug-likeness (QED) is 0.657. The van der Waals surface area contributed by atoms with E-state index >= 15 is 0 Å². The zero-order chi connectivity index (χ0) is 14.9. The van der Waals surface area contributed by atoms with Crippen molar-refractivity contribution in [3.05, 3.63) is 29.8 Å². The number of anilines is 1. The molecule has 0 radical (unpaired) electrons. The number of nitrogens with two attached hydrogens (primary N) is 1. The summed E-state index contributed by atoms with van der Waals surface area (Å²) >= 11 is 0. The zero-order valence-corrected chi connectivity index (χ0v) is 12.5. The molecule has 3 rings (SSSR count). The van der Waals surface area contributed by atoms with Crippen LogP contribution in [0.3, 0.4) is 0 Å². The molecule has 0 amide bonds. The van der Waals surface area contributed by atoms with Gasteiger partial charge in [0.1, 0.15) is 5.84 Å². The van der Waals surface area contributed by atoms with Crippen molar-refractivity contribution in [2.45, 2.75) is 30.9 Å². The highest BCUT2D eigenvalue weighted by molar-refractivity contribution is 5.95. The minimum Gasteiger partial charge on any atom is -0.384 e. The first kappa shape index (κ1) is 14.4. The van der Waals surface area contributed by atoms with Crippen molar-refractivity contribution in [2.24, 2.45) is 5.73 Å². The molecule has 1 aromatic rings. The lowest BCUT2D eigenvalue weighted by molar-refractivity contribution is -0.0855. The van der Waals surface area contributed by atoms with Gasteiger partial charge in [0.25, 0.3) is 0 Å². The summed E-state index contributed by atoms with van der Waals surface area (Å²) in [6.45, 7) is 2.30. The van der Waals surface area contributed by atoms with Gasteiger partial charge in [-0.25, -0.2) is 0 Å². The predicted octanol–water partition coefficient (Wildman–Crippen LogP) is 1.74. The minimum atomic E-state index is -0.0879. The predicted molar refractivity (Wildman–Crippen MR) is 83.0 cm³/mol. The van der Waals surface area contributed by atoms with Gasteiger partial charge in [0.15, 0.2) is 0 Å². The van der Waals surface area contributed by atoms with Gasteiger partial charge in [-0.05, 0) is 25.0 Å². The number of nitrogens with one attached hydrogen (secondary N) is 1. The van der Waals surface area contributed by atoms with Gasteiger partial charge in [-0.1, -0.05) is 12.1 Å². The molecule has 21 heavy (non-hydrogen) atoms. The Bertz CT molecular complexity index is 526. The second-order valence-electron chi connectivity index (χ2n) is 6.06. The Labute approximate surface area is 125 Å². The summed E-state index contributed by atoms with van der Waals surface area (Å²) in [6.07, 6.45) is 3.00. The van der Waals surface area contributed by atoms with Crippen molar-refractivity contribution in [1.29, 1.82) is 5.41 Å². The third-order valence-electron chi connectivity index (χ3n) is 4.65. The lowest BCUT2D eigenvalue weighted by Gasteiger charge is -2.41. The molecule has 2 fully saturated rings. The average Bonchev–Trinajstić information content (AvgIpc) is 2.94. The number of nitrogen functional groups attached to an aromatic ring is 1.